The number of para-hydroxylation sites is 3. The van der Waals surface area contributed by atoms with Gasteiger partial charge in [0.15, 0.2) is 0 Å². The van der Waals surface area contributed by atoms with Crippen LogP contribution in [0.2, 0.25) is 0 Å². The van der Waals surface area contributed by atoms with Gasteiger partial charge in [-0.05, 0) is 83.1 Å². The number of nitrogens with one attached hydrogen (secondary N) is 1. The summed E-state index contributed by atoms with van der Waals surface area (Å²) < 4.78 is 11.2. The highest BCUT2D eigenvalue weighted by Crippen LogP contribution is 2.46. The van der Waals surface area contributed by atoms with Crippen molar-refractivity contribution in [1.29, 1.82) is 5.41 Å². The number of nitrogens with zero attached hydrogens (tertiary/aromatic N) is 3. The Morgan fingerprint density at radius 1 is 0.552 bits per heavy atom. The third kappa shape index (κ3) is 5.97. The minimum absolute atomic E-state index is 0.411. The molecule has 58 heavy (non-hydrogen) atoms. The number of hydrogen-bond acceptors (Lipinski definition) is 3. The number of hydrogen-bond donors (Lipinski definition) is 1. The number of aliphatic imine (C=N–C) groups is 1. The molecule has 2 aromatic heterocycles. The zero-order chi connectivity index (χ0) is 39.0. The van der Waals surface area contributed by atoms with Crippen LogP contribution in [0.3, 0.4) is 0 Å². The van der Waals surface area contributed by atoms with Crippen LogP contribution in [0.5, 0.6) is 5.75 Å². The molecule has 0 saturated heterocycles. The van der Waals surface area contributed by atoms with Crippen LogP contribution in [0, 0.1) is 5.41 Å². The van der Waals surface area contributed by atoms with Crippen LogP contribution in [0.1, 0.15) is 22.3 Å². The van der Waals surface area contributed by atoms with Gasteiger partial charge < -0.3 is 19.3 Å². The molecule has 2 heterocycles. The lowest BCUT2D eigenvalue weighted by molar-refractivity contribution is 0.308. The SMILES string of the molecule is C=Nc1c(OCc2ccccc2)ccc2c1c1cccc(-n3c4ccccc4c4ccccc43)c1n2-c1cccc(/C(=C\C(=N)c2ccccc2)c2ccccc2)c1. The van der Waals surface area contributed by atoms with E-state index in [-0.39, 0.29) is 0 Å². The molecule has 0 unspecified atom stereocenters. The molecule has 10 aromatic rings. The third-order valence-corrected chi connectivity index (χ3v) is 11.0. The zero-order valence-corrected chi connectivity index (χ0v) is 31.7. The summed E-state index contributed by atoms with van der Waals surface area (Å²) in [6, 6.07) is 67.0. The highest BCUT2D eigenvalue weighted by Gasteiger charge is 2.23. The van der Waals surface area contributed by atoms with E-state index in [1.54, 1.807) is 0 Å². The fourth-order valence-electron chi connectivity index (χ4n) is 8.35. The predicted molar refractivity (Wildman–Crippen MR) is 242 cm³/mol. The summed E-state index contributed by atoms with van der Waals surface area (Å²) in [5.74, 6) is 0.676. The molecule has 0 fully saturated rings. The Kier molecular flexibility index (Phi) is 8.81. The van der Waals surface area contributed by atoms with Gasteiger partial charge in [-0.2, -0.15) is 0 Å². The van der Waals surface area contributed by atoms with E-state index in [9.17, 15) is 0 Å². The van der Waals surface area contributed by atoms with Crippen LogP contribution in [-0.4, -0.2) is 21.6 Å². The molecule has 5 nitrogen and oxygen atoms in total. The number of allylic oxidation sites excluding steroid dienone is 1. The zero-order valence-electron chi connectivity index (χ0n) is 31.7. The van der Waals surface area contributed by atoms with Gasteiger partial charge in [0, 0.05) is 27.2 Å². The van der Waals surface area contributed by atoms with Crippen LogP contribution in [-0.2, 0) is 6.61 Å². The van der Waals surface area contributed by atoms with E-state index in [1.165, 1.54) is 10.8 Å². The van der Waals surface area contributed by atoms with E-state index in [1.807, 2.05) is 78.9 Å². The lowest BCUT2D eigenvalue weighted by atomic mass is 9.94. The van der Waals surface area contributed by atoms with Crippen LogP contribution < -0.4 is 4.74 Å². The van der Waals surface area contributed by atoms with Crippen molar-refractivity contribution in [3.05, 3.63) is 222 Å². The van der Waals surface area contributed by atoms with Crippen LogP contribution in [0.15, 0.2) is 205 Å². The summed E-state index contributed by atoms with van der Waals surface area (Å²) >= 11 is 0. The molecule has 276 valence electrons. The summed E-state index contributed by atoms with van der Waals surface area (Å²) in [5.41, 5.74) is 12.4. The molecule has 0 aliphatic carbocycles. The van der Waals surface area contributed by atoms with E-state index < -0.39 is 0 Å². The molecular formula is C53H38N4O. The van der Waals surface area contributed by atoms with Crippen molar-refractivity contribution in [3.8, 4) is 17.1 Å². The van der Waals surface area contributed by atoms with Gasteiger partial charge in [-0.15, -0.1) is 0 Å². The van der Waals surface area contributed by atoms with Gasteiger partial charge in [-0.25, -0.2) is 0 Å². The lowest BCUT2D eigenvalue weighted by Gasteiger charge is -2.16. The van der Waals surface area contributed by atoms with E-state index in [0.717, 1.165) is 72.0 Å². The van der Waals surface area contributed by atoms with E-state index >= 15 is 0 Å². The van der Waals surface area contributed by atoms with Crippen molar-refractivity contribution in [2.45, 2.75) is 6.61 Å². The van der Waals surface area contributed by atoms with Gasteiger partial charge in [-0.1, -0.05) is 152 Å². The standard InChI is InChI=1S/C53H38N4O/c1-55-52-50(58-35-36-17-5-2-6-18-36)32-31-48-51(52)43-27-16-30-49(57-46-28-13-11-25-41(46)42-26-12-14-29-47(42)57)53(43)56(48)40-24-15-23-39(33-40)44(37-19-7-3-8-20-37)34-45(54)38-21-9-4-10-22-38/h2-34,54H,1,35H2/b44-34-,54-45?. The summed E-state index contributed by atoms with van der Waals surface area (Å²) in [7, 11) is 0. The van der Waals surface area contributed by atoms with Crippen LogP contribution >= 0.6 is 0 Å². The average Bonchev–Trinajstić information content (AvgIpc) is 3.81. The normalized spacial score (nSPS) is 11.8. The Balaban J connectivity index is 1.25. The molecule has 0 atom stereocenters. The number of benzene rings is 8. The highest BCUT2D eigenvalue weighted by atomic mass is 16.5. The second kappa shape index (κ2) is 14.7. The van der Waals surface area contributed by atoms with Gasteiger partial charge in [0.25, 0.3) is 0 Å². The maximum atomic E-state index is 9.15. The molecule has 0 radical (unpaired) electrons. The molecule has 1 N–H and O–H groups in total. The molecule has 0 spiro atoms. The van der Waals surface area contributed by atoms with Gasteiger partial charge >= 0.3 is 0 Å². The fourth-order valence-corrected chi connectivity index (χ4v) is 8.35. The van der Waals surface area contributed by atoms with E-state index in [2.05, 4.69) is 142 Å². The Morgan fingerprint density at radius 2 is 1.14 bits per heavy atom. The Morgan fingerprint density at radius 3 is 1.83 bits per heavy atom. The molecule has 0 bridgehead atoms. The Labute approximate surface area is 336 Å². The first-order valence-corrected chi connectivity index (χ1v) is 19.4. The van der Waals surface area contributed by atoms with Crippen molar-refractivity contribution in [3.63, 3.8) is 0 Å². The number of rotatable bonds is 10. The van der Waals surface area contributed by atoms with Gasteiger partial charge in [0.1, 0.15) is 18.0 Å². The Hall–Kier alpha value is -7.76. The van der Waals surface area contributed by atoms with E-state index in [0.29, 0.717) is 23.8 Å². The second-order valence-electron chi connectivity index (χ2n) is 14.4. The van der Waals surface area contributed by atoms with Crippen molar-refractivity contribution < 1.29 is 4.74 Å². The molecule has 10 rings (SSSR count). The van der Waals surface area contributed by atoms with Gasteiger partial charge in [0.05, 0.1) is 33.5 Å². The van der Waals surface area contributed by atoms with E-state index in [4.69, 9.17) is 10.1 Å². The minimum atomic E-state index is 0.411. The topological polar surface area (TPSA) is 55.3 Å². The van der Waals surface area contributed by atoms with Crippen LogP contribution in [0.25, 0.3) is 60.6 Å². The quantitative estimate of drug-likeness (QED) is 0.139. The second-order valence-corrected chi connectivity index (χ2v) is 14.4. The monoisotopic (exact) mass is 746 g/mol. The third-order valence-electron chi connectivity index (χ3n) is 11.0. The average molecular weight is 747 g/mol. The summed E-state index contributed by atoms with van der Waals surface area (Å²) in [5, 5.41) is 13.5. The molecule has 0 saturated carbocycles. The maximum Gasteiger partial charge on any atom is 0.146 e. The first kappa shape index (κ1) is 34.7. The first-order chi connectivity index (χ1) is 28.7. The molecule has 0 aliphatic rings. The summed E-state index contributed by atoms with van der Waals surface area (Å²) in [4.78, 5) is 4.68. The lowest BCUT2D eigenvalue weighted by Crippen LogP contribution is -2.02. The van der Waals surface area contributed by atoms with Crippen molar-refractivity contribution in [1.82, 2.24) is 9.13 Å². The summed E-state index contributed by atoms with van der Waals surface area (Å²) in [6.45, 7) is 4.50. The summed E-state index contributed by atoms with van der Waals surface area (Å²) in [6.07, 6.45) is 1.98. The predicted octanol–water partition coefficient (Wildman–Crippen LogP) is 13.3. The maximum absolute atomic E-state index is 9.15. The largest absolute Gasteiger partial charge is 0.487 e. The molecule has 0 aliphatic heterocycles. The van der Waals surface area contributed by atoms with Crippen LogP contribution in [0.4, 0.5) is 5.69 Å². The molecule has 8 aromatic carbocycles. The Bertz CT molecular complexity index is 3140. The molecular weight excluding hydrogens is 709 g/mol. The fraction of sp³-hybridized carbons (Fsp3) is 0.0189. The number of aromatic nitrogens is 2. The van der Waals surface area contributed by atoms with Crippen molar-refractivity contribution in [2.75, 3.05) is 0 Å². The van der Waals surface area contributed by atoms with Gasteiger partial charge in [-0.3, -0.25) is 4.99 Å². The van der Waals surface area contributed by atoms with Crippen molar-refractivity contribution >= 4 is 67.3 Å². The van der Waals surface area contributed by atoms with Gasteiger partial charge in [0.2, 0.25) is 0 Å². The molecule has 5 heteroatoms. The van der Waals surface area contributed by atoms with Crippen molar-refractivity contribution in [2.24, 2.45) is 4.99 Å². The minimum Gasteiger partial charge on any atom is -0.487 e. The number of ether oxygens (including phenoxy) is 1. The number of fused-ring (bicyclic) bond motifs is 6. The first-order valence-electron chi connectivity index (χ1n) is 19.4. The smallest absolute Gasteiger partial charge is 0.146 e. The molecule has 0 amide bonds. The highest BCUT2D eigenvalue weighted by molar-refractivity contribution is 6.19.